The van der Waals surface area contributed by atoms with Crippen molar-refractivity contribution in [1.82, 2.24) is 9.97 Å². The first-order valence-corrected chi connectivity index (χ1v) is 13.8. The molecule has 3 N–H and O–H groups in total. The molecule has 0 radical (unpaired) electrons. The van der Waals surface area contributed by atoms with Crippen LogP contribution in [0.15, 0.2) is 48.7 Å². The Hall–Kier alpha value is -3.64. The van der Waals surface area contributed by atoms with Crippen LogP contribution in [0.2, 0.25) is 0 Å². The molecule has 0 aliphatic carbocycles. The Morgan fingerprint density at radius 3 is 2.67 bits per heavy atom. The third-order valence-corrected chi connectivity index (χ3v) is 7.03. The number of benzene rings is 2. The Labute approximate surface area is 235 Å². The van der Waals surface area contributed by atoms with Crippen molar-refractivity contribution in [1.29, 1.82) is 0 Å². The summed E-state index contributed by atoms with van der Waals surface area (Å²) >= 11 is 0. The fraction of sp³-hybridized carbons (Fsp3) is 0.448. The number of ether oxygens (including phenoxy) is 4. The number of fused-ring (bicyclic) bond motifs is 1. The van der Waals surface area contributed by atoms with E-state index >= 15 is 0 Å². The molecule has 2 aromatic carbocycles. The maximum Gasteiger partial charge on any atom is 0.229 e. The lowest BCUT2D eigenvalue weighted by atomic mass is 10.1. The number of aromatic nitrogens is 2. The zero-order valence-electron chi connectivity index (χ0n) is 23.3. The van der Waals surface area contributed by atoms with E-state index < -0.39 is 0 Å². The van der Waals surface area contributed by atoms with E-state index in [1.807, 2.05) is 18.3 Å². The average Bonchev–Trinajstić information content (AvgIpc) is 3.27. The molecule has 0 bridgehead atoms. The minimum absolute atomic E-state index is 0.158. The number of nitrogens with one attached hydrogen (secondary N) is 1. The SMILES string of the molecule is CCN1COCN(c2cc(COCN)cc(OC)c2)Cc2cnc(Nc3ccc(N4CCCOCC4)cc3)nc21. The molecule has 11 nitrogen and oxygen atoms in total. The maximum absolute atomic E-state index is 6.10. The summed E-state index contributed by atoms with van der Waals surface area (Å²) < 4.78 is 22.7. The summed E-state index contributed by atoms with van der Waals surface area (Å²) in [6.45, 7) is 8.33. The highest BCUT2D eigenvalue weighted by atomic mass is 16.5. The van der Waals surface area contributed by atoms with E-state index in [2.05, 4.69) is 62.3 Å². The van der Waals surface area contributed by atoms with Gasteiger partial charge in [0.15, 0.2) is 0 Å². The van der Waals surface area contributed by atoms with Crippen molar-refractivity contribution in [2.24, 2.45) is 5.73 Å². The number of hydrogen-bond donors (Lipinski definition) is 2. The molecular weight excluding hydrogens is 510 g/mol. The smallest absolute Gasteiger partial charge is 0.229 e. The molecule has 40 heavy (non-hydrogen) atoms. The molecule has 0 spiro atoms. The second-order valence-electron chi connectivity index (χ2n) is 9.74. The van der Waals surface area contributed by atoms with Crippen molar-refractivity contribution in [2.45, 2.75) is 26.5 Å². The fourth-order valence-electron chi connectivity index (χ4n) is 4.92. The Bertz CT molecular complexity index is 1240. The van der Waals surface area contributed by atoms with Crippen molar-refractivity contribution < 1.29 is 18.9 Å². The first-order chi connectivity index (χ1) is 19.7. The molecule has 3 aromatic rings. The van der Waals surface area contributed by atoms with Gasteiger partial charge in [-0.2, -0.15) is 4.98 Å². The Kier molecular flexibility index (Phi) is 9.50. The van der Waals surface area contributed by atoms with Gasteiger partial charge in [-0.05, 0) is 55.3 Å². The lowest BCUT2D eigenvalue weighted by Crippen LogP contribution is -2.36. The van der Waals surface area contributed by atoms with Crippen LogP contribution in [0, 0.1) is 0 Å². The van der Waals surface area contributed by atoms with Gasteiger partial charge in [-0.3, -0.25) is 0 Å². The Balaban J connectivity index is 1.35. The van der Waals surface area contributed by atoms with Crippen LogP contribution in [0.3, 0.4) is 0 Å². The van der Waals surface area contributed by atoms with Crippen LogP contribution in [0.1, 0.15) is 24.5 Å². The van der Waals surface area contributed by atoms with Gasteiger partial charge in [-0.25, -0.2) is 4.98 Å². The van der Waals surface area contributed by atoms with E-state index in [9.17, 15) is 0 Å². The molecule has 1 saturated heterocycles. The Morgan fingerprint density at radius 1 is 1.00 bits per heavy atom. The largest absolute Gasteiger partial charge is 0.497 e. The van der Waals surface area contributed by atoms with E-state index in [1.54, 1.807) is 7.11 Å². The number of methoxy groups -OCH3 is 1. The van der Waals surface area contributed by atoms with E-state index in [0.29, 0.717) is 32.6 Å². The van der Waals surface area contributed by atoms with Gasteiger partial charge >= 0.3 is 0 Å². The van der Waals surface area contributed by atoms with Crippen LogP contribution < -0.4 is 30.5 Å². The normalized spacial score (nSPS) is 16.1. The van der Waals surface area contributed by atoms with Crippen LogP contribution in [0.5, 0.6) is 5.75 Å². The van der Waals surface area contributed by atoms with Gasteiger partial charge in [0.1, 0.15) is 25.0 Å². The summed E-state index contributed by atoms with van der Waals surface area (Å²) in [4.78, 5) is 16.2. The first-order valence-electron chi connectivity index (χ1n) is 13.8. The number of nitrogens with zero attached hydrogens (tertiary/aromatic N) is 5. The Morgan fingerprint density at radius 2 is 1.88 bits per heavy atom. The zero-order valence-corrected chi connectivity index (χ0v) is 23.3. The predicted molar refractivity (Wildman–Crippen MR) is 156 cm³/mol. The summed E-state index contributed by atoms with van der Waals surface area (Å²) in [5.74, 6) is 2.14. The highest BCUT2D eigenvalue weighted by Crippen LogP contribution is 2.30. The van der Waals surface area contributed by atoms with Crippen molar-refractivity contribution in [3.8, 4) is 5.75 Å². The van der Waals surface area contributed by atoms with Crippen molar-refractivity contribution in [2.75, 3.05) is 80.2 Å². The van der Waals surface area contributed by atoms with Crippen molar-refractivity contribution >= 4 is 28.8 Å². The number of nitrogens with two attached hydrogens (primary N) is 1. The molecule has 0 unspecified atom stereocenters. The van der Waals surface area contributed by atoms with Crippen LogP contribution in [-0.2, 0) is 27.4 Å². The molecule has 0 atom stereocenters. The zero-order chi connectivity index (χ0) is 27.7. The summed E-state index contributed by atoms with van der Waals surface area (Å²) in [6.07, 6.45) is 2.94. The highest BCUT2D eigenvalue weighted by molar-refractivity contribution is 5.62. The summed E-state index contributed by atoms with van der Waals surface area (Å²) in [6, 6.07) is 14.4. The quantitative estimate of drug-likeness (QED) is 0.382. The topological polar surface area (TPSA) is 110 Å². The van der Waals surface area contributed by atoms with Gasteiger partial charge in [0, 0.05) is 61.1 Å². The van der Waals surface area contributed by atoms with E-state index in [-0.39, 0.29) is 6.73 Å². The summed E-state index contributed by atoms with van der Waals surface area (Å²) in [5.41, 5.74) is 10.6. The number of hydrogen-bond acceptors (Lipinski definition) is 11. The minimum atomic E-state index is 0.158. The minimum Gasteiger partial charge on any atom is -0.497 e. The summed E-state index contributed by atoms with van der Waals surface area (Å²) in [7, 11) is 1.66. The average molecular weight is 550 g/mol. The van der Waals surface area contributed by atoms with Crippen LogP contribution in [0.25, 0.3) is 0 Å². The van der Waals surface area contributed by atoms with Crippen LogP contribution in [-0.4, -0.2) is 70.1 Å². The molecule has 2 aliphatic rings. The van der Waals surface area contributed by atoms with Gasteiger partial charge < -0.3 is 44.7 Å². The van der Waals surface area contributed by atoms with Gasteiger partial charge in [-0.15, -0.1) is 0 Å². The standard InChI is InChI=1S/C29H39N7O4/c1-3-34-20-40-21-36(26-13-22(18-39-19-30)14-27(15-26)37-2)17-23-16-31-29(33-28(23)34)32-24-5-7-25(8-6-24)35-9-4-11-38-12-10-35/h5-8,13-16H,3-4,9-12,17-21,30H2,1-2H3,(H,31,32,33). The molecular formula is C29H39N7O4. The van der Waals surface area contributed by atoms with Crippen LogP contribution in [0.4, 0.5) is 28.8 Å². The van der Waals surface area contributed by atoms with E-state index in [1.165, 1.54) is 5.69 Å². The lowest BCUT2D eigenvalue weighted by molar-refractivity contribution is 0.126. The van der Waals surface area contributed by atoms with Gasteiger partial charge in [0.05, 0.1) is 33.6 Å². The molecule has 214 valence electrons. The van der Waals surface area contributed by atoms with Gasteiger partial charge in [-0.1, -0.05) is 0 Å². The number of rotatable bonds is 9. The monoisotopic (exact) mass is 549 g/mol. The molecule has 0 saturated carbocycles. The lowest BCUT2D eigenvalue weighted by Gasteiger charge is -2.33. The molecule has 1 aromatic heterocycles. The van der Waals surface area contributed by atoms with Crippen molar-refractivity contribution in [3.63, 3.8) is 0 Å². The molecule has 11 heteroatoms. The third-order valence-electron chi connectivity index (χ3n) is 7.03. The van der Waals surface area contributed by atoms with E-state index in [4.69, 9.17) is 29.7 Å². The fourth-order valence-corrected chi connectivity index (χ4v) is 4.92. The van der Waals surface area contributed by atoms with Crippen molar-refractivity contribution in [3.05, 3.63) is 59.8 Å². The van der Waals surface area contributed by atoms with E-state index in [0.717, 1.165) is 73.3 Å². The maximum atomic E-state index is 6.10. The molecule has 2 aliphatic heterocycles. The van der Waals surface area contributed by atoms with Gasteiger partial charge in [0.25, 0.3) is 0 Å². The summed E-state index contributed by atoms with van der Waals surface area (Å²) in [5, 5.41) is 3.38. The highest BCUT2D eigenvalue weighted by Gasteiger charge is 2.21. The molecule has 5 rings (SSSR count). The number of anilines is 5. The first kappa shape index (κ1) is 27.9. The molecule has 0 amide bonds. The van der Waals surface area contributed by atoms with Crippen LogP contribution >= 0.6 is 0 Å². The molecule has 1 fully saturated rings. The second-order valence-corrected chi connectivity index (χ2v) is 9.74. The van der Waals surface area contributed by atoms with Gasteiger partial charge in [0.2, 0.25) is 5.95 Å². The molecule has 3 heterocycles. The second kappa shape index (κ2) is 13.6. The third kappa shape index (κ3) is 6.92. The predicted octanol–water partition coefficient (Wildman–Crippen LogP) is 3.67.